The molecule has 0 aliphatic rings. The van der Waals surface area contributed by atoms with E-state index in [1.54, 1.807) is 0 Å². The summed E-state index contributed by atoms with van der Waals surface area (Å²) in [6, 6.07) is 7.59. The summed E-state index contributed by atoms with van der Waals surface area (Å²) in [6.07, 6.45) is 3.87. The van der Waals surface area contributed by atoms with E-state index in [1.165, 1.54) is 5.56 Å². The molecule has 1 aromatic carbocycles. The number of nitrogens with one attached hydrogen (secondary N) is 1. The number of oxime groups is 1. The summed E-state index contributed by atoms with van der Waals surface area (Å²) in [4.78, 5) is 0. The molecule has 6 nitrogen and oxygen atoms in total. The zero-order valence-corrected chi connectivity index (χ0v) is 11.5. The zero-order valence-electron chi connectivity index (χ0n) is 11.5. The summed E-state index contributed by atoms with van der Waals surface area (Å²) in [6.45, 7) is 4.50. The van der Waals surface area contributed by atoms with Crippen LogP contribution in [0.15, 0.2) is 41.8 Å². The van der Waals surface area contributed by atoms with Crippen LogP contribution in [0.25, 0.3) is 0 Å². The van der Waals surface area contributed by atoms with Crippen molar-refractivity contribution in [3.63, 3.8) is 0 Å². The molecular formula is C14H19N5O. The van der Waals surface area contributed by atoms with Crippen LogP contribution in [-0.2, 0) is 13.1 Å². The maximum atomic E-state index is 8.58. The minimum atomic E-state index is 0.124. The Hall–Kier alpha value is -2.34. The molecule has 0 atom stereocenters. The summed E-state index contributed by atoms with van der Waals surface area (Å²) in [7, 11) is 0. The molecule has 0 spiro atoms. The smallest absolute Gasteiger partial charge is 0.170 e. The van der Waals surface area contributed by atoms with Crippen molar-refractivity contribution in [2.24, 2.45) is 10.9 Å². The third-order valence-electron chi connectivity index (χ3n) is 2.97. The van der Waals surface area contributed by atoms with Crippen molar-refractivity contribution < 1.29 is 5.21 Å². The van der Waals surface area contributed by atoms with Gasteiger partial charge in [0.05, 0.1) is 12.7 Å². The Balaban J connectivity index is 1.77. The van der Waals surface area contributed by atoms with E-state index in [0.29, 0.717) is 5.56 Å². The maximum Gasteiger partial charge on any atom is 0.170 e. The van der Waals surface area contributed by atoms with Crippen molar-refractivity contribution in [2.45, 2.75) is 20.0 Å². The molecule has 4 N–H and O–H groups in total. The van der Waals surface area contributed by atoms with Gasteiger partial charge in [0, 0.05) is 24.8 Å². The quantitative estimate of drug-likeness (QED) is 0.241. The van der Waals surface area contributed by atoms with Gasteiger partial charge < -0.3 is 16.3 Å². The van der Waals surface area contributed by atoms with Gasteiger partial charge in [-0.2, -0.15) is 5.10 Å². The number of hydrogen-bond donors (Lipinski definition) is 3. The fraction of sp³-hybridized carbons (Fsp3) is 0.286. The predicted molar refractivity (Wildman–Crippen MR) is 77.6 cm³/mol. The van der Waals surface area contributed by atoms with Crippen LogP contribution in [0.3, 0.4) is 0 Å². The van der Waals surface area contributed by atoms with E-state index in [4.69, 9.17) is 10.9 Å². The first-order valence-corrected chi connectivity index (χ1v) is 6.45. The fourth-order valence-electron chi connectivity index (χ4n) is 1.87. The molecule has 20 heavy (non-hydrogen) atoms. The van der Waals surface area contributed by atoms with Crippen LogP contribution in [0.1, 0.15) is 16.7 Å². The number of benzene rings is 1. The van der Waals surface area contributed by atoms with Gasteiger partial charge in [-0.05, 0) is 18.1 Å². The van der Waals surface area contributed by atoms with Crippen molar-refractivity contribution in [1.82, 2.24) is 15.1 Å². The average molecular weight is 273 g/mol. The molecule has 0 aliphatic heterocycles. The van der Waals surface area contributed by atoms with E-state index in [2.05, 4.69) is 15.6 Å². The molecule has 0 unspecified atom stereocenters. The molecule has 0 saturated carbocycles. The number of aromatic nitrogens is 2. The third-order valence-corrected chi connectivity index (χ3v) is 2.97. The molecule has 2 rings (SSSR count). The lowest BCUT2D eigenvalue weighted by molar-refractivity contribution is 0.318. The Bertz CT molecular complexity index is 574. The Morgan fingerprint density at radius 3 is 2.75 bits per heavy atom. The minimum Gasteiger partial charge on any atom is -0.409 e. The van der Waals surface area contributed by atoms with Gasteiger partial charge >= 0.3 is 0 Å². The maximum absolute atomic E-state index is 8.58. The van der Waals surface area contributed by atoms with Crippen LogP contribution >= 0.6 is 0 Å². The van der Waals surface area contributed by atoms with E-state index in [9.17, 15) is 0 Å². The first-order chi connectivity index (χ1) is 9.69. The second-order valence-electron chi connectivity index (χ2n) is 4.64. The molecule has 0 aliphatic carbocycles. The highest BCUT2D eigenvalue weighted by Gasteiger charge is 1.99. The summed E-state index contributed by atoms with van der Waals surface area (Å²) < 4.78 is 1.92. The van der Waals surface area contributed by atoms with Crippen LogP contribution < -0.4 is 11.1 Å². The third kappa shape index (κ3) is 3.83. The van der Waals surface area contributed by atoms with Crippen molar-refractivity contribution in [2.75, 3.05) is 6.54 Å². The molecular weight excluding hydrogens is 254 g/mol. The number of amidine groups is 1. The van der Waals surface area contributed by atoms with Crippen molar-refractivity contribution >= 4 is 5.84 Å². The van der Waals surface area contributed by atoms with E-state index < -0.39 is 0 Å². The predicted octanol–water partition coefficient (Wildman–Crippen LogP) is 1.08. The lowest BCUT2D eigenvalue weighted by Crippen LogP contribution is -2.20. The summed E-state index contributed by atoms with van der Waals surface area (Å²) in [5, 5.41) is 19.1. The van der Waals surface area contributed by atoms with Gasteiger partial charge in [-0.25, -0.2) is 0 Å². The van der Waals surface area contributed by atoms with Crippen LogP contribution in [0, 0.1) is 6.92 Å². The van der Waals surface area contributed by atoms with Gasteiger partial charge in [-0.1, -0.05) is 29.4 Å². The van der Waals surface area contributed by atoms with E-state index in [0.717, 1.165) is 25.2 Å². The molecule has 1 heterocycles. The van der Waals surface area contributed by atoms with Gasteiger partial charge in [0.15, 0.2) is 5.84 Å². The van der Waals surface area contributed by atoms with Crippen LogP contribution in [0.5, 0.6) is 0 Å². The molecule has 2 aromatic rings. The number of nitrogens with zero attached hydrogens (tertiary/aromatic N) is 3. The molecule has 6 heteroatoms. The SMILES string of the molecule is Cc1cnn(CCNCc2ccc(/C(N)=N/O)cc2)c1. The fourth-order valence-corrected chi connectivity index (χ4v) is 1.87. The Kier molecular flexibility index (Phi) is 4.73. The largest absolute Gasteiger partial charge is 0.409 e. The molecule has 0 saturated heterocycles. The standard InChI is InChI=1S/C14H19N5O/c1-11-8-17-19(10-11)7-6-16-9-12-2-4-13(5-3-12)14(15)18-20/h2-5,8,10,16,20H,6-7,9H2,1H3,(H2,15,18). The number of aryl methyl sites for hydroxylation is 1. The lowest BCUT2D eigenvalue weighted by Gasteiger charge is -2.06. The van der Waals surface area contributed by atoms with Crippen molar-refractivity contribution in [3.05, 3.63) is 53.3 Å². The van der Waals surface area contributed by atoms with Gasteiger partial charge in [0.2, 0.25) is 0 Å². The summed E-state index contributed by atoms with van der Waals surface area (Å²) in [5.74, 6) is 0.124. The number of nitrogens with two attached hydrogens (primary N) is 1. The van der Waals surface area contributed by atoms with Gasteiger partial charge in [-0.15, -0.1) is 0 Å². The summed E-state index contributed by atoms with van der Waals surface area (Å²) >= 11 is 0. The van der Waals surface area contributed by atoms with Crippen LogP contribution in [0.4, 0.5) is 0 Å². The van der Waals surface area contributed by atoms with Gasteiger partial charge in [-0.3, -0.25) is 4.68 Å². The van der Waals surface area contributed by atoms with Crippen LogP contribution in [-0.4, -0.2) is 27.4 Å². The van der Waals surface area contributed by atoms with Crippen molar-refractivity contribution in [1.29, 1.82) is 0 Å². The Labute approximate surface area is 117 Å². The second-order valence-corrected chi connectivity index (χ2v) is 4.64. The topological polar surface area (TPSA) is 88.5 Å². The Morgan fingerprint density at radius 1 is 1.40 bits per heavy atom. The second kappa shape index (κ2) is 6.72. The lowest BCUT2D eigenvalue weighted by atomic mass is 10.1. The zero-order chi connectivity index (χ0) is 14.4. The molecule has 0 bridgehead atoms. The monoisotopic (exact) mass is 273 g/mol. The average Bonchev–Trinajstić information content (AvgIpc) is 2.89. The molecule has 106 valence electrons. The first kappa shape index (κ1) is 14.1. The Morgan fingerprint density at radius 2 is 2.15 bits per heavy atom. The molecule has 0 radical (unpaired) electrons. The van der Waals surface area contributed by atoms with Crippen molar-refractivity contribution in [3.8, 4) is 0 Å². The number of hydrogen-bond acceptors (Lipinski definition) is 4. The highest BCUT2D eigenvalue weighted by molar-refractivity contribution is 5.96. The first-order valence-electron chi connectivity index (χ1n) is 6.45. The molecule has 0 amide bonds. The van der Waals surface area contributed by atoms with Gasteiger partial charge in [0.1, 0.15) is 0 Å². The van der Waals surface area contributed by atoms with Gasteiger partial charge in [0.25, 0.3) is 0 Å². The highest BCUT2D eigenvalue weighted by atomic mass is 16.4. The normalized spacial score (nSPS) is 11.8. The van der Waals surface area contributed by atoms with E-state index in [1.807, 2.05) is 48.3 Å². The minimum absolute atomic E-state index is 0.124. The van der Waals surface area contributed by atoms with E-state index in [-0.39, 0.29) is 5.84 Å². The molecule has 1 aromatic heterocycles. The van der Waals surface area contributed by atoms with E-state index >= 15 is 0 Å². The number of rotatable bonds is 6. The van der Waals surface area contributed by atoms with Crippen LogP contribution in [0.2, 0.25) is 0 Å². The highest BCUT2D eigenvalue weighted by Crippen LogP contribution is 2.04. The molecule has 0 fully saturated rings. The summed E-state index contributed by atoms with van der Waals surface area (Å²) in [5.41, 5.74) is 8.54.